The maximum absolute atomic E-state index is 8.44. The molecule has 0 aromatic carbocycles. The fraction of sp³-hybridized carbons (Fsp3) is 0.167. The van der Waals surface area contributed by atoms with Gasteiger partial charge in [0.25, 0.3) is 0 Å². The Morgan fingerprint density at radius 3 is 2.67 bits per heavy atom. The van der Waals surface area contributed by atoms with Gasteiger partial charge < -0.3 is 4.57 Å². The van der Waals surface area contributed by atoms with Crippen LogP contribution in [0.25, 0.3) is 0 Å². The van der Waals surface area contributed by atoms with Crippen molar-refractivity contribution >= 4 is 15.9 Å². The molecule has 0 radical (unpaired) electrons. The van der Waals surface area contributed by atoms with Gasteiger partial charge in [-0.05, 0) is 22.0 Å². The van der Waals surface area contributed by atoms with Crippen LogP contribution < -0.4 is 0 Å². The van der Waals surface area contributed by atoms with E-state index in [1.165, 1.54) is 0 Å². The molecule has 9 heavy (non-hydrogen) atoms. The van der Waals surface area contributed by atoms with Gasteiger partial charge in [-0.15, -0.1) is 0 Å². The van der Waals surface area contributed by atoms with Crippen LogP contribution in [-0.2, 0) is 7.05 Å². The molecule has 0 atom stereocenters. The number of halogens is 1. The Bertz CT molecular complexity index is 257. The quantitative estimate of drug-likeness (QED) is 0.604. The minimum atomic E-state index is 0.668. The summed E-state index contributed by atoms with van der Waals surface area (Å²) in [5.74, 6) is 0. The summed E-state index contributed by atoms with van der Waals surface area (Å²) in [5, 5.41) is 8.44. The molecule has 1 aromatic heterocycles. The lowest BCUT2D eigenvalue weighted by atomic mass is 10.5. The number of nitrogens with zero attached hydrogens (tertiary/aromatic N) is 2. The molecule has 0 spiro atoms. The molecule has 0 fully saturated rings. The Morgan fingerprint density at radius 1 is 1.78 bits per heavy atom. The van der Waals surface area contributed by atoms with Crippen LogP contribution in [0.3, 0.4) is 0 Å². The van der Waals surface area contributed by atoms with Crippen molar-refractivity contribution in [2.45, 2.75) is 0 Å². The molecule has 0 aliphatic carbocycles. The normalized spacial score (nSPS) is 9.00. The van der Waals surface area contributed by atoms with Crippen LogP contribution >= 0.6 is 15.9 Å². The van der Waals surface area contributed by atoms with E-state index in [-0.39, 0.29) is 0 Å². The molecule has 0 N–H and O–H groups in total. The van der Waals surface area contributed by atoms with E-state index in [2.05, 4.69) is 15.9 Å². The molecule has 0 aliphatic rings. The van der Waals surface area contributed by atoms with Crippen molar-refractivity contribution in [1.29, 1.82) is 5.26 Å². The van der Waals surface area contributed by atoms with Gasteiger partial charge in [-0.25, -0.2) is 0 Å². The molecule has 1 rings (SSSR count). The SMILES string of the molecule is Cn1cc(Br)cc1C#N. The minimum Gasteiger partial charge on any atom is -0.341 e. The largest absolute Gasteiger partial charge is 0.341 e. The number of nitriles is 1. The summed E-state index contributed by atoms with van der Waals surface area (Å²) in [6.45, 7) is 0. The Labute approximate surface area is 61.8 Å². The second-order valence-corrected chi connectivity index (χ2v) is 2.68. The zero-order valence-electron chi connectivity index (χ0n) is 4.93. The highest BCUT2D eigenvalue weighted by Gasteiger charge is 1.96. The minimum absolute atomic E-state index is 0.668. The molecule has 2 nitrogen and oxygen atoms in total. The second-order valence-electron chi connectivity index (χ2n) is 1.77. The standard InChI is InChI=1S/C6H5BrN2/c1-9-4-5(7)2-6(9)3-8/h2,4H,1H3. The Morgan fingerprint density at radius 2 is 2.44 bits per heavy atom. The third kappa shape index (κ3) is 1.14. The van der Waals surface area contributed by atoms with Gasteiger partial charge in [0.05, 0.1) is 0 Å². The second kappa shape index (κ2) is 2.24. The maximum Gasteiger partial charge on any atom is 0.121 e. The smallest absolute Gasteiger partial charge is 0.121 e. The summed E-state index contributed by atoms with van der Waals surface area (Å²) < 4.78 is 2.71. The molecule has 0 saturated heterocycles. The van der Waals surface area contributed by atoms with Crippen molar-refractivity contribution in [3.8, 4) is 6.07 Å². The van der Waals surface area contributed by atoms with E-state index in [1.54, 1.807) is 10.6 Å². The molecule has 0 aliphatic heterocycles. The van der Waals surface area contributed by atoms with Crippen molar-refractivity contribution in [2.75, 3.05) is 0 Å². The lowest BCUT2D eigenvalue weighted by molar-refractivity contribution is 0.907. The van der Waals surface area contributed by atoms with Gasteiger partial charge in [-0.3, -0.25) is 0 Å². The van der Waals surface area contributed by atoms with Gasteiger partial charge in [-0.2, -0.15) is 5.26 Å². The lowest BCUT2D eigenvalue weighted by Gasteiger charge is -1.86. The van der Waals surface area contributed by atoms with Crippen LogP contribution in [0.1, 0.15) is 5.69 Å². The van der Waals surface area contributed by atoms with Crippen molar-refractivity contribution in [1.82, 2.24) is 4.57 Å². The highest BCUT2D eigenvalue weighted by Crippen LogP contribution is 2.11. The molecular formula is C6H5BrN2. The molecule has 0 saturated carbocycles. The predicted molar refractivity (Wildman–Crippen MR) is 37.8 cm³/mol. The Hall–Kier alpha value is -0.750. The predicted octanol–water partition coefficient (Wildman–Crippen LogP) is 1.66. The van der Waals surface area contributed by atoms with Crippen molar-refractivity contribution < 1.29 is 0 Å². The number of rotatable bonds is 0. The summed E-state index contributed by atoms with van der Waals surface area (Å²) in [6, 6.07) is 3.83. The molecule has 1 aromatic rings. The first-order chi connectivity index (χ1) is 4.24. The van der Waals surface area contributed by atoms with Crippen LogP contribution in [0.2, 0.25) is 0 Å². The zero-order chi connectivity index (χ0) is 6.85. The number of aryl methyl sites for hydroxylation is 1. The first-order valence-corrected chi connectivity index (χ1v) is 3.25. The molecule has 3 heteroatoms. The van der Waals surface area contributed by atoms with Gasteiger partial charge in [0.2, 0.25) is 0 Å². The summed E-state index contributed by atoms with van der Waals surface area (Å²) in [5.41, 5.74) is 0.668. The average molecular weight is 185 g/mol. The molecule has 1 heterocycles. The molecule has 46 valence electrons. The first-order valence-electron chi connectivity index (χ1n) is 2.46. The van der Waals surface area contributed by atoms with Crippen LogP contribution in [0, 0.1) is 11.3 Å². The highest BCUT2D eigenvalue weighted by atomic mass is 79.9. The first kappa shape index (κ1) is 6.37. The molecular weight excluding hydrogens is 180 g/mol. The van der Waals surface area contributed by atoms with E-state index >= 15 is 0 Å². The van der Waals surface area contributed by atoms with Crippen LogP contribution in [0.15, 0.2) is 16.7 Å². The van der Waals surface area contributed by atoms with Gasteiger partial charge in [0.1, 0.15) is 11.8 Å². The molecule has 0 unspecified atom stereocenters. The van der Waals surface area contributed by atoms with E-state index in [1.807, 2.05) is 19.3 Å². The summed E-state index contributed by atoms with van der Waals surface area (Å²) in [6.07, 6.45) is 1.85. The van der Waals surface area contributed by atoms with Crippen LogP contribution in [0.4, 0.5) is 0 Å². The zero-order valence-corrected chi connectivity index (χ0v) is 6.51. The van der Waals surface area contributed by atoms with Crippen molar-refractivity contribution in [3.63, 3.8) is 0 Å². The van der Waals surface area contributed by atoms with Gasteiger partial charge >= 0.3 is 0 Å². The topological polar surface area (TPSA) is 28.7 Å². The summed E-state index contributed by atoms with van der Waals surface area (Å²) in [7, 11) is 1.84. The van der Waals surface area contributed by atoms with E-state index in [4.69, 9.17) is 5.26 Å². The highest BCUT2D eigenvalue weighted by molar-refractivity contribution is 9.10. The van der Waals surface area contributed by atoms with Crippen LogP contribution in [0.5, 0.6) is 0 Å². The third-order valence-corrected chi connectivity index (χ3v) is 1.52. The number of hydrogen-bond donors (Lipinski definition) is 0. The lowest BCUT2D eigenvalue weighted by Crippen LogP contribution is -1.86. The molecule has 0 amide bonds. The maximum atomic E-state index is 8.44. The van der Waals surface area contributed by atoms with Crippen molar-refractivity contribution in [2.24, 2.45) is 7.05 Å². The van der Waals surface area contributed by atoms with E-state index in [0.29, 0.717) is 5.69 Å². The summed E-state index contributed by atoms with van der Waals surface area (Å²) >= 11 is 3.25. The van der Waals surface area contributed by atoms with E-state index in [9.17, 15) is 0 Å². The fourth-order valence-corrected chi connectivity index (χ4v) is 1.16. The average Bonchev–Trinajstić information content (AvgIpc) is 2.10. The monoisotopic (exact) mass is 184 g/mol. The van der Waals surface area contributed by atoms with Crippen molar-refractivity contribution in [3.05, 3.63) is 22.4 Å². The van der Waals surface area contributed by atoms with Gasteiger partial charge in [0, 0.05) is 17.7 Å². The Balaban J connectivity index is 3.20. The Kier molecular flexibility index (Phi) is 1.58. The van der Waals surface area contributed by atoms with Gasteiger partial charge in [-0.1, -0.05) is 0 Å². The van der Waals surface area contributed by atoms with E-state index in [0.717, 1.165) is 4.47 Å². The van der Waals surface area contributed by atoms with E-state index < -0.39 is 0 Å². The fourth-order valence-electron chi connectivity index (χ4n) is 0.635. The van der Waals surface area contributed by atoms with Crippen LogP contribution in [-0.4, -0.2) is 4.57 Å². The molecule has 0 bridgehead atoms. The summed E-state index contributed by atoms with van der Waals surface area (Å²) in [4.78, 5) is 0. The number of hydrogen-bond acceptors (Lipinski definition) is 1. The third-order valence-electron chi connectivity index (χ3n) is 1.09. The number of aromatic nitrogens is 1. The van der Waals surface area contributed by atoms with Gasteiger partial charge in [0.15, 0.2) is 0 Å².